The van der Waals surface area contributed by atoms with Gasteiger partial charge in [-0.15, -0.1) is 0 Å². The highest BCUT2D eigenvalue weighted by atomic mass is 16.6. The molecular formula is C17H20N2O6. The lowest BCUT2D eigenvalue weighted by Gasteiger charge is -2.04. The molecule has 0 aliphatic carbocycles. The van der Waals surface area contributed by atoms with Crippen molar-refractivity contribution >= 4 is 11.4 Å². The van der Waals surface area contributed by atoms with E-state index in [1.54, 1.807) is 26.0 Å². The molecule has 0 unspecified atom stereocenters. The number of nitro benzene ring substituents is 2. The Morgan fingerprint density at radius 2 is 1.48 bits per heavy atom. The molecule has 0 atom stereocenters. The molecule has 0 aliphatic heterocycles. The molecule has 8 nitrogen and oxygen atoms in total. The number of benzene rings is 2. The number of nitrogens with zero attached hydrogens (tertiary/aromatic N) is 2. The topological polar surface area (TPSA) is 116 Å². The summed E-state index contributed by atoms with van der Waals surface area (Å²) >= 11 is 0. The van der Waals surface area contributed by atoms with Gasteiger partial charge < -0.3 is 9.84 Å². The number of aromatic hydroxyl groups is 1. The van der Waals surface area contributed by atoms with Gasteiger partial charge in [-0.05, 0) is 44.5 Å². The van der Waals surface area contributed by atoms with E-state index in [1.807, 2.05) is 6.92 Å². The van der Waals surface area contributed by atoms with E-state index >= 15 is 0 Å². The van der Waals surface area contributed by atoms with Crippen molar-refractivity contribution in [1.82, 2.24) is 0 Å². The van der Waals surface area contributed by atoms with Crippen molar-refractivity contribution in [1.29, 1.82) is 0 Å². The molecule has 8 heteroatoms. The standard InChI is InChI=1S/C10H13NO3.C7H7NO3/c1-3-6-14-9-4-5-10(11(12)13)8(2)7-9;1-5-4-6(9)2-3-7(5)8(10)11/h4-5,7H,3,6H2,1-2H3;2-4,9H,1H3. The third kappa shape index (κ3) is 6.09. The van der Waals surface area contributed by atoms with E-state index in [2.05, 4.69) is 0 Å². The Balaban J connectivity index is 0.000000257. The van der Waals surface area contributed by atoms with Gasteiger partial charge in [0.15, 0.2) is 0 Å². The zero-order valence-corrected chi connectivity index (χ0v) is 14.3. The van der Waals surface area contributed by atoms with Crippen molar-refractivity contribution in [3.8, 4) is 11.5 Å². The van der Waals surface area contributed by atoms with Crippen molar-refractivity contribution in [3.63, 3.8) is 0 Å². The van der Waals surface area contributed by atoms with Crippen LogP contribution in [0, 0.1) is 34.1 Å². The van der Waals surface area contributed by atoms with Crippen LogP contribution in [0.3, 0.4) is 0 Å². The Kier molecular flexibility index (Phi) is 7.33. The molecule has 0 spiro atoms. The predicted octanol–water partition coefficient (Wildman–Crippen LogP) is 4.30. The molecule has 0 heterocycles. The predicted molar refractivity (Wildman–Crippen MR) is 93.1 cm³/mol. The minimum absolute atomic E-state index is 0.0304. The number of phenolic OH excluding ortho intramolecular Hbond substituents is 1. The zero-order valence-electron chi connectivity index (χ0n) is 14.3. The first-order valence-electron chi connectivity index (χ1n) is 7.58. The first-order chi connectivity index (χ1) is 11.8. The van der Waals surface area contributed by atoms with E-state index in [-0.39, 0.29) is 22.0 Å². The number of ether oxygens (including phenoxy) is 1. The summed E-state index contributed by atoms with van der Waals surface area (Å²) in [6.45, 7) is 5.93. The number of nitro groups is 2. The molecule has 134 valence electrons. The summed E-state index contributed by atoms with van der Waals surface area (Å²) in [5, 5.41) is 29.7. The lowest BCUT2D eigenvalue weighted by atomic mass is 10.2. The highest BCUT2D eigenvalue weighted by Crippen LogP contribution is 2.23. The Morgan fingerprint density at radius 3 is 1.92 bits per heavy atom. The highest BCUT2D eigenvalue weighted by Gasteiger charge is 2.10. The maximum Gasteiger partial charge on any atom is 0.272 e. The molecule has 25 heavy (non-hydrogen) atoms. The van der Waals surface area contributed by atoms with E-state index in [4.69, 9.17) is 9.84 Å². The van der Waals surface area contributed by atoms with E-state index in [1.165, 1.54) is 24.3 Å². The first kappa shape index (κ1) is 19.9. The third-order valence-electron chi connectivity index (χ3n) is 3.21. The van der Waals surface area contributed by atoms with E-state index in [9.17, 15) is 20.2 Å². The summed E-state index contributed by atoms with van der Waals surface area (Å²) in [5.74, 6) is 0.739. The Bertz CT molecular complexity index is 761. The lowest BCUT2D eigenvalue weighted by Crippen LogP contribution is -1.97. The van der Waals surface area contributed by atoms with Gasteiger partial charge in [0.2, 0.25) is 0 Å². The molecule has 0 aliphatic rings. The molecule has 0 amide bonds. The average Bonchev–Trinajstić information content (AvgIpc) is 2.52. The van der Waals surface area contributed by atoms with Gasteiger partial charge in [0.25, 0.3) is 11.4 Å². The average molecular weight is 348 g/mol. The molecule has 2 rings (SSSR count). The second-order valence-electron chi connectivity index (χ2n) is 5.28. The van der Waals surface area contributed by atoms with Crippen LogP contribution in [-0.4, -0.2) is 21.6 Å². The van der Waals surface area contributed by atoms with Crippen LogP contribution in [-0.2, 0) is 0 Å². The maximum atomic E-state index is 10.5. The van der Waals surface area contributed by atoms with Crippen LogP contribution in [0.1, 0.15) is 24.5 Å². The molecule has 2 aromatic carbocycles. The normalized spacial score (nSPS) is 9.72. The van der Waals surface area contributed by atoms with E-state index < -0.39 is 4.92 Å². The summed E-state index contributed by atoms with van der Waals surface area (Å²) in [6, 6.07) is 8.73. The lowest BCUT2D eigenvalue weighted by molar-refractivity contribution is -0.385. The van der Waals surface area contributed by atoms with E-state index in [0.717, 1.165) is 6.42 Å². The van der Waals surface area contributed by atoms with Gasteiger partial charge in [-0.2, -0.15) is 0 Å². The number of rotatable bonds is 5. The number of aryl methyl sites for hydroxylation is 2. The number of hydrogen-bond donors (Lipinski definition) is 1. The molecule has 0 radical (unpaired) electrons. The fourth-order valence-electron chi connectivity index (χ4n) is 1.99. The SMILES string of the molecule is CCCOc1ccc([N+](=O)[O-])c(C)c1.Cc1cc(O)ccc1[N+](=O)[O-]. The van der Waals surface area contributed by atoms with Crippen LogP contribution >= 0.6 is 0 Å². The van der Waals surface area contributed by atoms with Crippen molar-refractivity contribution in [2.24, 2.45) is 0 Å². The fraction of sp³-hybridized carbons (Fsp3) is 0.294. The third-order valence-corrected chi connectivity index (χ3v) is 3.21. The van der Waals surface area contributed by atoms with Gasteiger partial charge in [-0.25, -0.2) is 0 Å². The molecule has 0 bridgehead atoms. The Morgan fingerprint density at radius 1 is 0.960 bits per heavy atom. The largest absolute Gasteiger partial charge is 0.508 e. The van der Waals surface area contributed by atoms with Gasteiger partial charge >= 0.3 is 0 Å². The quantitative estimate of drug-likeness (QED) is 0.636. The number of phenols is 1. The minimum atomic E-state index is -0.477. The first-order valence-corrected chi connectivity index (χ1v) is 7.58. The highest BCUT2D eigenvalue weighted by molar-refractivity contribution is 5.44. The van der Waals surface area contributed by atoms with Crippen LogP contribution in [0.4, 0.5) is 11.4 Å². The second kappa shape index (κ2) is 9.21. The summed E-state index contributed by atoms with van der Waals surface area (Å²) in [6.07, 6.45) is 0.927. The summed E-state index contributed by atoms with van der Waals surface area (Å²) in [7, 11) is 0. The van der Waals surface area contributed by atoms with Crippen LogP contribution in [0.2, 0.25) is 0 Å². The van der Waals surface area contributed by atoms with Crippen LogP contribution in [0.5, 0.6) is 11.5 Å². The molecule has 0 fully saturated rings. The molecule has 0 saturated heterocycles. The van der Waals surface area contributed by atoms with Gasteiger partial charge in [0, 0.05) is 23.3 Å². The van der Waals surface area contributed by atoms with E-state index in [0.29, 0.717) is 23.5 Å². The monoisotopic (exact) mass is 348 g/mol. The second-order valence-corrected chi connectivity index (χ2v) is 5.28. The Labute approximate surface area is 145 Å². The molecule has 0 aromatic heterocycles. The van der Waals surface area contributed by atoms with Crippen LogP contribution < -0.4 is 4.74 Å². The molecule has 1 N–H and O–H groups in total. The van der Waals surface area contributed by atoms with Gasteiger partial charge in [0.1, 0.15) is 11.5 Å². The Hall–Kier alpha value is -3.16. The molecule has 2 aromatic rings. The molecule has 0 saturated carbocycles. The minimum Gasteiger partial charge on any atom is -0.508 e. The van der Waals surface area contributed by atoms with Gasteiger partial charge in [0.05, 0.1) is 16.5 Å². The summed E-state index contributed by atoms with van der Waals surface area (Å²) in [5.41, 5.74) is 1.26. The summed E-state index contributed by atoms with van der Waals surface area (Å²) < 4.78 is 5.35. The van der Waals surface area contributed by atoms with Crippen LogP contribution in [0.15, 0.2) is 36.4 Å². The van der Waals surface area contributed by atoms with Crippen molar-refractivity contribution in [2.45, 2.75) is 27.2 Å². The van der Waals surface area contributed by atoms with Crippen molar-refractivity contribution in [3.05, 3.63) is 67.8 Å². The van der Waals surface area contributed by atoms with Crippen LogP contribution in [0.25, 0.3) is 0 Å². The summed E-state index contributed by atoms with van der Waals surface area (Å²) in [4.78, 5) is 19.9. The maximum absolute atomic E-state index is 10.5. The smallest absolute Gasteiger partial charge is 0.272 e. The zero-order chi connectivity index (χ0) is 19.0. The number of hydrogen-bond acceptors (Lipinski definition) is 6. The molecular weight excluding hydrogens is 328 g/mol. The van der Waals surface area contributed by atoms with Crippen molar-refractivity contribution in [2.75, 3.05) is 6.61 Å². The van der Waals surface area contributed by atoms with Gasteiger partial charge in [-0.3, -0.25) is 20.2 Å². The van der Waals surface area contributed by atoms with Crippen molar-refractivity contribution < 1.29 is 19.7 Å². The van der Waals surface area contributed by atoms with Gasteiger partial charge in [-0.1, -0.05) is 6.92 Å². The fourth-order valence-corrected chi connectivity index (χ4v) is 1.99.